The Morgan fingerprint density at radius 3 is 2.53 bits per heavy atom. The maximum Gasteiger partial charge on any atom is 0.225 e. The average molecular weight is 209 g/mol. The van der Waals surface area contributed by atoms with Crippen LogP contribution in [0.5, 0.6) is 0 Å². The van der Waals surface area contributed by atoms with Gasteiger partial charge in [0.05, 0.1) is 0 Å². The summed E-state index contributed by atoms with van der Waals surface area (Å²) in [7, 11) is 0. The zero-order valence-electron chi connectivity index (χ0n) is 9.87. The van der Waals surface area contributed by atoms with Crippen molar-refractivity contribution in [2.24, 2.45) is 5.92 Å². The molecule has 1 unspecified atom stereocenters. The van der Waals surface area contributed by atoms with E-state index in [4.69, 9.17) is 0 Å². The third-order valence-corrected chi connectivity index (χ3v) is 4.09. The molecule has 86 valence electrons. The SMILES string of the molecule is CCC1CCCN1C(=O)C1CCCCC1. The first-order valence-electron chi connectivity index (χ1n) is 6.63. The van der Waals surface area contributed by atoms with Gasteiger partial charge in [0.2, 0.25) is 5.91 Å². The van der Waals surface area contributed by atoms with Crippen LogP contribution in [-0.2, 0) is 4.79 Å². The second-order valence-electron chi connectivity index (χ2n) is 5.07. The summed E-state index contributed by atoms with van der Waals surface area (Å²) in [6.07, 6.45) is 9.74. The van der Waals surface area contributed by atoms with Crippen molar-refractivity contribution in [2.45, 2.75) is 64.3 Å². The van der Waals surface area contributed by atoms with Gasteiger partial charge in [-0.05, 0) is 32.1 Å². The van der Waals surface area contributed by atoms with Crippen molar-refractivity contribution >= 4 is 5.91 Å². The van der Waals surface area contributed by atoms with Crippen LogP contribution in [0.4, 0.5) is 0 Å². The third-order valence-electron chi connectivity index (χ3n) is 4.09. The number of likely N-dealkylation sites (tertiary alicyclic amines) is 1. The first kappa shape index (κ1) is 11.0. The van der Waals surface area contributed by atoms with Gasteiger partial charge >= 0.3 is 0 Å². The smallest absolute Gasteiger partial charge is 0.225 e. The molecule has 2 rings (SSSR count). The Morgan fingerprint density at radius 2 is 1.87 bits per heavy atom. The van der Waals surface area contributed by atoms with Crippen LogP contribution in [-0.4, -0.2) is 23.4 Å². The Hall–Kier alpha value is -0.530. The molecule has 2 aliphatic rings. The summed E-state index contributed by atoms with van der Waals surface area (Å²) in [5, 5.41) is 0. The molecule has 1 saturated heterocycles. The van der Waals surface area contributed by atoms with E-state index >= 15 is 0 Å². The quantitative estimate of drug-likeness (QED) is 0.684. The lowest BCUT2D eigenvalue weighted by Gasteiger charge is -2.30. The van der Waals surface area contributed by atoms with Crippen molar-refractivity contribution < 1.29 is 4.79 Å². The van der Waals surface area contributed by atoms with Gasteiger partial charge in [-0.2, -0.15) is 0 Å². The fraction of sp³-hybridized carbons (Fsp3) is 0.923. The van der Waals surface area contributed by atoms with Crippen LogP contribution in [0.3, 0.4) is 0 Å². The highest BCUT2D eigenvalue weighted by molar-refractivity contribution is 5.79. The number of carbonyl (C=O) groups excluding carboxylic acids is 1. The van der Waals surface area contributed by atoms with E-state index in [2.05, 4.69) is 11.8 Å². The third kappa shape index (κ3) is 2.35. The van der Waals surface area contributed by atoms with E-state index in [9.17, 15) is 4.79 Å². The van der Waals surface area contributed by atoms with Crippen LogP contribution >= 0.6 is 0 Å². The van der Waals surface area contributed by atoms with Crippen LogP contribution in [0, 0.1) is 5.92 Å². The highest BCUT2D eigenvalue weighted by Gasteiger charge is 2.32. The standard InChI is InChI=1S/C13H23NO/c1-2-12-9-6-10-14(12)13(15)11-7-4-3-5-8-11/h11-12H,2-10H2,1H3. The molecule has 0 radical (unpaired) electrons. The molecule has 2 heteroatoms. The molecule has 0 spiro atoms. The van der Waals surface area contributed by atoms with Crippen molar-refractivity contribution in [3.63, 3.8) is 0 Å². The largest absolute Gasteiger partial charge is 0.339 e. The summed E-state index contributed by atoms with van der Waals surface area (Å²) in [4.78, 5) is 14.5. The van der Waals surface area contributed by atoms with E-state index in [1.807, 2.05) is 0 Å². The molecule has 1 heterocycles. The summed E-state index contributed by atoms with van der Waals surface area (Å²) < 4.78 is 0. The minimum atomic E-state index is 0.367. The lowest BCUT2D eigenvalue weighted by atomic mass is 9.88. The zero-order valence-corrected chi connectivity index (χ0v) is 9.87. The van der Waals surface area contributed by atoms with Gasteiger partial charge < -0.3 is 4.90 Å². The molecule has 2 nitrogen and oxygen atoms in total. The fourth-order valence-corrected chi connectivity index (χ4v) is 3.13. The Bertz CT molecular complexity index is 221. The van der Waals surface area contributed by atoms with Gasteiger partial charge in [0.15, 0.2) is 0 Å². The van der Waals surface area contributed by atoms with Gasteiger partial charge in [-0.15, -0.1) is 0 Å². The van der Waals surface area contributed by atoms with Gasteiger partial charge in [-0.25, -0.2) is 0 Å². The molecular formula is C13H23NO. The predicted octanol–water partition coefficient (Wildman–Crippen LogP) is 2.97. The topological polar surface area (TPSA) is 20.3 Å². The highest BCUT2D eigenvalue weighted by atomic mass is 16.2. The zero-order chi connectivity index (χ0) is 10.7. The first-order valence-corrected chi connectivity index (χ1v) is 6.63. The Labute approximate surface area is 93.0 Å². The van der Waals surface area contributed by atoms with E-state index in [0.717, 1.165) is 25.8 Å². The minimum Gasteiger partial charge on any atom is -0.339 e. The molecule has 1 aliphatic heterocycles. The number of nitrogens with zero attached hydrogens (tertiary/aromatic N) is 1. The van der Waals surface area contributed by atoms with Crippen molar-refractivity contribution in [1.29, 1.82) is 0 Å². The highest BCUT2D eigenvalue weighted by Crippen LogP contribution is 2.29. The minimum absolute atomic E-state index is 0.367. The van der Waals surface area contributed by atoms with Crippen molar-refractivity contribution in [1.82, 2.24) is 4.90 Å². The molecule has 0 aromatic carbocycles. The second-order valence-corrected chi connectivity index (χ2v) is 5.07. The monoisotopic (exact) mass is 209 g/mol. The molecule has 0 aromatic rings. The van der Waals surface area contributed by atoms with Crippen LogP contribution in [0.15, 0.2) is 0 Å². The van der Waals surface area contributed by atoms with E-state index in [0.29, 0.717) is 17.9 Å². The lowest BCUT2D eigenvalue weighted by molar-refractivity contribution is -0.137. The Kier molecular flexibility index (Phi) is 3.66. The average Bonchev–Trinajstić information content (AvgIpc) is 2.77. The summed E-state index contributed by atoms with van der Waals surface area (Å²) in [5.41, 5.74) is 0. The molecule has 0 aromatic heterocycles. The van der Waals surface area contributed by atoms with Crippen LogP contribution < -0.4 is 0 Å². The number of hydrogen-bond donors (Lipinski definition) is 0. The van der Waals surface area contributed by atoms with Crippen molar-refractivity contribution in [2.75, 3.05) is 6.54 Å². The number of amides is 1. The Balaban J connectivity index is 1.93. The summed E-state index contributed by atoms with van der Waals surface area (Å²) in [5.74, 6) is 0.838. The predicted molar refractivity (Wildman–Crippen MR) is 61.6 cm³/mol. The fourth-order valence-electron chi connectivity index (χ4n) is 3.13. The number of carbonyl (C=O) groups is 1. The molecule has 1 amide bonds. The van der Waals surface area contributed by atoms with Gasteiger partial charge in [0.1, 0.15) is 0 Å². The van der Waals surface area contributed by atoms with Crippen LogP contribution in [0.2, 0.25) is 0 Å². The molecule has 15 heavy (non-hydrogen) atoms. The molecule has 1 aliphatic carbocycles. The van der Waals surface area contributed by atoms with Crippen molar-refractivity contribution in [3.8, 4) is 0 Å². The van der Waals surface area contributed by atoms with Gasteiger partial charge in [-0.1, -0.05) is 26.2 Å². The number of hydrogen-bond acceptors (Lipinski definition) is 1. The van der Waals surface area contributed by atoms with Gasteiger partial charge in [-0.3, -0.25) is 4.79 Å². The normalized spacial score (nSPS) is 28.3. The van der Waals surface area contributed by atoms with Crippen LogP contribution in [0.25, 0.3) is 0 Å². The molecule has 0 bridgehead atoms. The van der Waals surface area contributed by atoms with Crippen molar-refractivity contribution in [3.05, 3.63) is 0 Å². The maximum absolute atomic E-state index is 12.3. The molecule has 1 saturated carbocycles. The van der Waals surface area contributed by atoms with E-state index in [1.54, 1.807) is 0 Å². The van der Waals surface area contributed by atoms with Gasteiger partial charge in [0.25, 0.3) is 0 Å². The summed E-state index contributed by atoms with van der Waals surface area (Å²) in [6.45, 7) is 3.23. The summed E-state index contributed by atoms with van der Waals surface area (Å²) >= 11 is 0. The van der Waals surface area contributed by atoms with Gasteiger partial charge in [0, 0.05) is 18.5 Å². The van der Waals surface area contributed by atoms with E-state index in [-0.39, 0.29) is 0 Å². The molecule has 1 atom stereocenters. The van der Waals surface area contributed by atoms with E-state index < -0.39 is 0 Å². The van der Waals surface area contributed by atoms with Crippen LogP contribution in [0.1, 0.15) is 58.3 Å². The second kappa shape index (κ2) is 5.00. The Morgan fingerprint density at radius 1 is 1.13 bits per heavy atom. The maximum atomic E-state index is 12.3. The molecular weight excluding hydrogens is 186 g/mol. The summed E-state index contributed by atoms with van der Waals surface area (Å²) in [6, 6.07) is 0.555. The lowest BCUT2D eigenvalue weighted by Crippen LogP contribution is -2.39. The van der Waals surface area contributed by atoms with E-state index in [1.165, 1.54) is 32.1 Å². The molecule has 0 N–H and O–H groups in total. The molecule has 2 fully saturated rings. The number of rotatable bonds is 2. The first-order chi connectivity index (χ1) is 7.33.